The first-order chi connectivity index (χ1) is 15.5. The normalized spacial score (nSPS) is 11.1. The Hall–Kier alpha value is -3.87. The van der Waals surface area contributed by atoms with Crippen molar-refractivity contribution in [2.45, 2.75) is 33.4 Å². The topological polar surface area (TPSA) is 95.1 Å². The van der Waals surface area contributed by atoms with Crippen molar-refractivity contribution in [3.63, 3.8) is 0 Å². The highest BCUT2D eigenvalue weighted by atomic mass is 16.5. The van der Waals surface area contributed by atoms with Crippen LogP contribution in [0.2, 0.25) is 0 Å². The third-order valence-electron chi connectivity index (χ3n) is 5.34. The van der Waals surface area contributed by atoms with E-state index < -0.39 is 0 Å². The van der Waals surface area contributed by atoms with Gasteiger partial charge >= 0.3 is 0 Å². The number of hydrogen-bond acceptors (Lipinski definition) is 5. The Balaban J connectivity index is 1.54. The molecule has 0 unspecified atom stereocenters. The van der Waals surface area contributed by atoms with Gasteiger partial charge in [0, 0.05) is 24.3 Å². The number of rotatable bonds is 7. The van der Waals surface area contributed by atoms with Crippen molar-refractivity contribution in [1.82, 2.24) is 19.9 Å². The van der Waals surface area contributed by atoms with E-state index in [1.165, 1.54) is 6.33 Å². The summed E-state index contributed by atoms with van der Waals surface area (Å²) in [6.45, 7) is 7.04. The van der Waals surface area contributed by atoms with Gasteiger partial charge in [-0.2, -0.15) is 0 Å². The number of ether oxygens (including phenoxy) is 1. The number of nitrogen functional groups attached to an aromatic ring is 1. The third-order valence-corrected chi connectivity index (χ3v) is 5.34. The van der Waals surface area contributed by atoms with Gasteiger partial charge in [-0.1, -0.05) is 36.4 Å². The van der Waals surface area contributed by atoms with E-state index in [0.717, 1.165) is 27.7 Å². The van der Waals surface area contributed by atoms with Gasteiger partial charge in [0.2, 0.25) is 0 Å². The Morgan fingerprint density at radius 2 is 1.88 bits per heavy atom. The molecule has 0 bridgehead atoms. The average Bonchev–Trinajstić information content (AvgIpc) is 3.20. The van der Waals surface area contributed by atoms with Crippen molar-refractivity contribution >= 4 is 22.8 Å². The van der Waals surface area contributed by atoms with Gasteiger partial charge < -0.3 is 20.4 Å². The molecule has 1 amide bonds. The molecule has 0 saturated carbocycles. The number of aromatic nitrogens is 3. The average molecular weight is 430 g/mol. The van der Waals surface area contributed by atoms with Crippen molar-refractivity contribution in [2.24, 2.45) is 0 Å². The van der Waals surface area contributed by atoms with Gasteiger partial charge in [0.15, 0.2) is 0 Å². The molecule has 2 aromatic heterocycles. The molecule has 3 N–H and O–H groups in total. The van der Waals surface area contributed by atoms with E-state index in [-0.39, 0.29) is 11.9 Å². The maximum Gasteiger partial charge on any atom is 0.255 e. The van der Waals surface area contributed by atoms with Crippen LogP contribution in [0.15, 0.2) is 61.1 Å². The lowest BCUT2D eigenvalue weighted by atomic mass is 10.0. The van der Waals surface area contributed by atoms with Crippen molar-refractivity contribution < 1.29 is 9.53 Å². The van der Waals surface area contributed by atoms with Crippen LogP contribution in [0.25, 0.3) is 22.2 Å². The number of carbonyl (C=O) groups is 1. The number of benzene rings is 2. The third kappa shape index (κ3) is 4.14. The first kappa shape index (κ1) is 21.4. The van der Waals surface area contributed by atoms with E-state index in [1.807, 2.05) is 43.3 Å². The van der Waals surface area contributed by atoms with E-state index in [1.54, 1.807) is 12.1 Å². The summed E-state index contributed by atoms with van der Waals surface area (Å²) < 4.78 is 7.66. The van der Waals surface area contributed by atoms with Gasteiger partial charge in [-0.05, 0) is 44.0 Å². The first-order valence-corrected chi connectivity index (χ1v) is 10.7. The Kier molecular flexibility index (Phi) is 6.07. The highest BCUT2D eigenvalue weighted by molar-refractivity contribution is 6.00. The number of hydrogen-bond donors (Lipinski definition) is 2. The summed E-state index contributed by atoms with van der Waals surface area (Å²) in [5.41, 5.74) is 10.5. The molecule has 0 aliphatic heterocycles. The van der Waals surface area contributed by atoms with Gasteiger partial charge in [0.05, 0.1) is 17.6 Å². The lowest BCUT2D eigenvalue weighted by Crippen LogP contribution is -2.23. The van der Waals surface area contributed by atoms with E-state index in [4.69, 9.17) is 10.5 Å². The number of amides is 1. The highest BCUT2D eigenvalue weighted by Crippen LogP contribution is 2.34. The molecule has 0 saturated heterocycles. The minimum Gasteiger partial charge on any atom is -0.493 e. The van der Waals surface area contributed by atoms with E-state index in [9.17, 15) is 4.79 Å². The summed E-state index contributed by atoms with van der Waals surface area (Å²) in [6, 6.07) is 15.6. The van der Waals surface area contributed by atoms with E-state index in [2.05, 4.69) is 39.9 Å². The SMILES string of the molecule is CCOc1ccccc1C(=O)NCc1ccc(-c2cn(C(C)C)c3ncnc(N)c23)cc1. The summed E-state index contributed by atoms with van der Waals surface area (Å²) in [6.07, 6.45) is 3.57. The van der Waals surface area contributed by atoms with Crippen LogP contribution in [0.1, 0.15) is 42.7 Å². The van der Waals surface area contributed by atoms with Crippen LogP contribution in [0.4, 0.5) is 5.82 Å². The Labute approximate surface area is 187 Å². The Morgan fingerprint density at radius 1 is 1.12 bits per heavy atom. The summed E-state index contributed by atoms with van der Waals surface area (Å²) in [7, 11) is 0. The number of carbonyl (C=O) groups excluding carboxylic acids is 1. The predicted molar refractivity (Wildman–Crippen MR) is 127 cm³/mol. The second-order valence-corrected chi connectivity index (χ2v) is 7.81. The zero-order valence-electron chi connectivity index (χ0n) is 18.5. The maximum atomic E-state index is 12.6. The number of para-hydroxylation sites is 1. The fraction of sp³-hybridized carbons (Fsp3) is 0.240. The largest absolute Gasteiger partial charge is 0.493 e. The monoisotopic (exact) mass is 429 g/mol. The van der Waals surface area contributed by atoms with Crippen molar-refractivity contribution in [3.8, 4) is 16.9 Å². The number of fused-ring (bicyclic) bond motifs is 1. The van der Waals surface area contributed by atoms with Gasteiger partial charge in [-0.3, -0.25) is 4.79 Å². The van der Waals surface area contributed by atoms with Crippen LogP contribution in [0.3, 0.4) is 0 Å². The van der Waals surface area contributed by atoms with Crippen molar-refractivity contribution in [2.75, 3.05) is 12.3 Å². The minimum atomic E-state index is -0.164. The highest BCUT2D eigenvalue weighted by Gasteiger charge is 2.16. The molecule has 2 aromatic carbocycles. The number of nitrogens with zero attached hydrogens (tertiary/aromatic N) is 3. The van der Waals surface area contributed by atoms with Crippen LogP contribution in [0.5, 0.6) is 5.75 Å². The van der Waals surface area contributed by atoms with Gasteiger partial charge in [0.1, 0.15) is 23.5 Å². The van der Waals surface area contributed by atoms with E-state index >= 15 is 0 Å². The minimum absolute atomic E-state index is 0.164. The number of nitrogens with two attached hydrogens (primary N) is 1. The molecule has 7 heteroatoms. The summed E-state index contributed by atoms with van der Waals surface area (Å²) in [5.74, 6) is 0.890. The molecule has 0 atom stereocenters. The van der Waals surface area contributed by atoms with E-state index in [0.29, 0.717) is 30.3 Å². The molecule has 4 aromatic rings. The first-order valence-electron chi connectivity index (χ1n) is 10.7. The lowest BCUT2D eigenvalue weighted by molar-refractivity contribution is 0.0947. The molecular weight excluding hydrogens is 402 g/mol. The zero-order chi connectivity index (χ0) is 22.7. The van der Waals surface area contributed by atoms with Crippen LogP contribution in [-0.4, -0.2) is 27.0 Å². The van der Waals surface area contributed by atoms with Crippen LogP contribution < -0.4 is 15.8 Å². The standard InChI is InChI=1S/C25H27N5O2/c1-4-32-21-8-6-5-7-19(21)25(31)27-13-17-9-11-18(12-10-17)20-14-30(16(2)3)24-22(20)23(26)28-15-29-24/h5-12,14-16H,4,13H2,1-3H3,(H,27,31)(H2,26,28,29). The molecule has 32 heavy (non-hydrogen) atoms. The molecule has 164 valence electrons. The van der Waals surface area contributed by atoms with Crippen molar-refractivity contribution in [3.05, 3.63) is 72.2 Å². The van der Waals surface area contributed by atoms with Gasteiger partial charge in [-0.15, -0.1) is 0 Å². The zero-order valence-corrected chi connectivity index (χ0v) is 18.5. The Bertz CT molecular complexity index is 1250. The molecule has 0 radical (unpaired) electrons. The fourth-order valence-corrected chi connectivity index (χ4v) is 3.74. The van der Waals surface area contributed by atoms with Crippen molar-refractivity contribution in [1.29, 1.82) is 0 Å². The molecule has 2 heterocycles. The molecule has 7 nitrogen and oxygen atoms in total. The molecular formula is C25H27N5O2. The molecule has 0 aliphatic carbocycles. The smallest absolute Gasteiger partial charge is 0.255 e. The molecule has 0 aliphatic rings. The molecule has 4 rings (SSSR count). The van der Waals surface area contributed by atoms with Gasteiger partial charge in [-0.25, -0.2) is 9.97 Å². The second-order valence-electron chi connectivity index (χ2n) is 7.81. The van der Waals surface area contributed by atoms with Gasteiger partial charge in [0.25, 0.3) is 5.91 Å². The van der Waals surface area contributed by atoms with Crippen LogP contribution in [-0.2, 0) is 6.54 Å². The summed E-state index contributed by atoms with van der Waals surface area (Å²) in [5, 5.41) is 3.82. The molecule has 0 spiro atoms. The summed E-state index contributed by atoms with van der Waals surface area (Å²) >= 11 is 0. The maximum absolute atomic E-state index is 12.6. The number of anilines is 1. The Morgan fingerprint density at radius 3 is 2.59 bits per heavy atom. The fourth-order valence-electron chi connectivity index (χ4n) is 3.74. The number of nitrogens with one attached hydrogen (secondary N) is 1. The molecule has 0 fully saturated rings. The lowest BCUT2D eigenvalue weighted by Gasteiger charge is -2.11. The van der Waals surface area contributed by atoms with Crippen LogP contribution in [0, 0.1) is 0 Å². The predicted octanol–water partition coefficient (Wildman–Crippen LogP) is 4.59. The summed E-state index contributed by atoms with van der Waals surface area (Å²) in [4.78, 5) is 21.2. The quantitative estimate of drug-likeness (QED) is 0.448. The van der Waals surface area contributed by atoms with Crippen LogP contribution >= 0.6 is 0 Å². The second kappa shape index (κ2) is 9.09.